The smallest absolute Gasteiger partial charge is 0.220 e. The van der Waals surface area contributed by atoms with Crippen molar-refractivity contribution in [2.45, 2.75) is 12.4 Å². The maximum Gasteiger partial charge on any atom is 0.220 e. The summed E-state index contributed by atoms with van der Waals surface area (Å²) in [6.07, 6.45) is -1.61. The molecule has 6 nitrogen and oxygen atoms in total. The molecule has 0 aliphatic carbocycles. The molecule has 1 unspecified atom stereocenters. The van der Waals surface area contributed by atoms with Crippen molar-refractivity contribution in [3.05, 3.63) is 0 Å². The first-order valence-electron chi connectivity index (χ1n) is 3.95. The Morgan fingerprint density at radius 1 is 1.50 bits per heavy atom. The Kier molecular flexibility index (Phi) is 7.13. The Labute approximate surface area is 81.8 Å². The molecular weight excluding hydrogens is 192 g/mol. The Hall–Kier alpha value is -0.820. The molecule has 0 spiro atoms. The number of hydrogen-bond donors (Lipinski definition) is 1. The standard InChI is InChI=1S/C8H14O6/c1-12-5-6(3-9)14-8(13-2)7(11)4-10/h3,6,8,10H,4-5H2,1-2H3/t6?,8-/m0/s1. The van der Waals surface area contributed by atoms with Gasteiger partial charge in [0.2, 0.25) is 12.1 Å². The van der Waals surface area contributed by atoms with Crippen LogP contribution in [0.25, 0.3) is 0 Å². The SMILES string of the molecule is COCC(C=O)O[C@H](OC)C(=O)CO. The highest BCUT2D eigenvalue weighted by atomic mass is 16.7. The summed E-state index contributed by atoms with van der Waals surface area (Å²) < 4.78 is 14.2. The molecule has 14 heavy (non-hydrogen) atoms. The maximum atomic E-state index is 10.9. The second kappa shape index (κ2) is 7.57. The number of rotatable bonds is 8. The highest BCUT2D eigenvalue weighted by Crippen LogP contribution is 2.00. The average Bonchev–Trinajstić information content (AvgIpc) is 2.23. The minimum atomic E-state index is -1.23. The summed E-state index contributed by atoms with van der Waals surface area (Å²) in [4.78, 5) is 21.4. The van der Waals surface area contributed by atoms with Gasteiger partial charge in [-0.3, -0.25) is 4.79 Å². The predicted octanol–water partition coefficient (Wildman–Crippen LogP) is -1.25. The summed E-state index contributed by atoms with van der Waals surface area (Å²) in [5, 5.41) is 8.52. The molecule has 0 aromatic rings. The first-order valence-corrected chi connectivity index (χ1v) is 3.95. The molecular formula is C8H14O6. The molecule has 0 fully saturated rings. The third-order valence-corrected chi connectivity index (χ3v) is 1.41. The van der Waals surface area contributed by atoms with E-state index in [9.17, 15) is 9.59 Å². The van der Waals surface area contributed by atoms with E-state index < -0.39 is 24.8 Å². The third-order valence-electron chi connectivity index (χ3n) is 1.41. The number of aliphatic hydroxyl groups excluding tert-OH is 1. The molecule has 0 saturated heterocycles. The van der Waals surface area contributed by atoms with Gasteiger partial charge in [0.15, 0.2) is 6.29 Å². The first-order chi connectivity index (χ1) is 6.69. The molecule has 0 aliphatic rings. The van der Waals surface area contributed by atoms with Gasteiger partial charge in [0, 0.05) is 14.2 Å². The van der Waals surface area contributed by atoms with Crippen LogP contribution < -0.4 is 0 Å². The third kappa shape index (κ3) is 4.43. The first kappa shape index (κ1) is 13.2. The second-order valence-electron chi connectivity index (χ2n) is 2.46. The van der Waals surface area contributed by atoms with E-state index in [2.05, 4.69) is 9.47 Å². The summed E-state index contributed by atoms with van der Waals surface area (Å²) in [6, 6.07) is 0. The van der Waals surface area contributed by atoms with Crippen molar-refractivity contribution in [1.29, 1.82) is 0 Å². The molecule has 0 aromatic heterocycles. The summed E-state index contributed by atoms with van der Waals surface area (Å²) in [6.45, 7) is -0.668. The van der Waals surface area contributed by atoms with E-state index in [0.717, 1.165) is 0 Å². The molecule has 0 bridgehead atoms. The monoisotopic (exact) mass is 206 g/mol. The Morgan fingerprint density at radius 3 is 2.50 bits per heavy atom. The van der Waals surface area contributed by atoms with Gasteiger partial charge in [-0.15, -0.1) is 0 Å². The minimum absolute atomic E-state index is 0.0298. The van der Waals surface area contributed by atoms with Crippen LogP contribution in [0.4, 0.5) is 0 Å². The van der Waals surface area contributed by atoms with Crippen LogP contribution >= 0.6 is 0 Å². The summed E-state index contributed by atoms with van der Waals surface area (Å²) in [7, 11) is 2.64. The van der Waals surface area contributed by atoms with Crippen LogP contribution in [0.15, 0.2) is 0 Å². The van der Waals surface area contributed by atoms with E-state index >= 15 is 0 Å². The van der Waals surface area contributed by atoms with E-state index in [-0.39, 0.29) is 6.61 Å². The number of carbonyl (C=O) groups excluding carboxylic acids is 2. The van der Waals surface area contributed by atoms with Crippen LogP contribution in [-0.4, -0.2) is 57.0 Å². The number of ether oxygens (including phenoxy) is 3. The molecule has 0 rings (SSSR count). The van der Waals surface area contributed by atoms with E-state index in [4.69, 9.17) is 9.84 Å². The second-order valence-corrected chi connectivity index (χ2v) is 2.46. The molecule has 0 saturated carbocycles. The molecule has 0 heterocycles. The lowest BCUT2D eigenvalue weighted by Gasteiger charge is -2.17. The highest BCUT2D eigenvalue weighted by molar-refractivity contribution is 5.83. The van der Waals surface area contributed by atoms with Crippen LogP contribution in [0.3, 0.4) is 0 Å². The number of methoxy groups -OCH3 is 2. The number of aldehydes is 1. The molecule has 2 atom stereocenters. The van der Waals surface area contributed by atoms with E-state index in [1.165, 1.54) is 14.2 Å². The largest absolute Gasteiger partial charge is 0.388 e. The lowest BCUT2D eigenvalue weighted by atomic mass is 10.3. The number of carbonyl (C=O) groups is 2. The fourth-order valence-corrected chi connectivity index (χ4v) is 0.771. The Bertz CT molecular complexity index is 181. The van der Waals surface area contributed by atoms with Gasteiger partial charge in [0.1, 0.15) is 12.7 Å². The number of Topliss-reactive ketones (excluding diaryl/α,β-unsaturated/α-hetero) is 1. The molecule has 0 aliphatic heterocycles. The van der Waals surface area contributed by atoms with Gasteiger partial charge in [0.25, 0.3) is 0 Å². The molecule has 0 aromatic carbocycles. The zero-order valence-corrected chi connectivity index (χ0v) is 8.13. The molecule has 6 heteroatoms. The zero-order chi connectivity index (χ0) is 11.0. The van der Waals surface area contributed by atoms with E-state index in [1.54, 1.807) is 0 Å². The van der Waals surface area contributed by atoms with Crippen LogP contribution in [0.1, 0.15) is 0 Å². The molecule has 0 radical (unpaired) electrons. The van der Waals surface area contributed by atoms with Gasteiger partial charge in [-0.05, 0) is 0 Å². The molecule has 1 N–H and O–H groups in total. The van der Waals surface area contributed by atoms with Crippen molar-refractivity contribution in [3.8, 4) is 0 Å². The van der Waals surface area contributed by atoms with Gasteiger partial charge in [-0.25, -0.2) is 0 Å². The Morgan fingerprint density at radius 2 is 2.14 bits per heavy atom. The van der Waals surface area contributed by atoms with Crippen molar-refractivity contribution < 1.29 is 28.9 Å². The number of ketones is 1. The van der Waals surface area contributed by atoms with Crippen LogP contribution in [0.2, 0.25) is 0 Å². The lowest BCUT2D eigenvalue weighted by Crippen LogP contribution is -2.35. The maximum absolute atomic E-state index is 10.9. The van der Waals surface area contributed by atoms with Gasteiger partial charge in [-0.1, -0.05) is 0 Å². The fourth-order valence-electron chi connectivity index (χ4n) is 0.771. The molecule has 82 valence electrons. The normalized spacial score (nSPS) is 14.8. The summed E-state index contributed by atoms with van der Waals surface area (Å²) >= 11 is 0. The Balaban J connectivity index is 4.13. The van der Waals surface area contributed by atoms with Gasteiger partial charge < -0.3 is 24.1 Å². The van der Waals surface area contributed by atoms with Crippen molar-refractivity contribution in [2.75, 3.05) is 27.4 Å². The van der Waals surface area contributed by atoms with Crippen LogP contribution in [0, 0.1) is 0 Å². The topological polar surface area (TPSA) is 82.1 Å². The average molecular weight is 206 g/mol. The van der Waals surface area contributed by atoms with Crippen molar-refractivity contribution in [1.82, 2.24) is 0 Å². The zero-order valence-electron chi connectivity index (χ0n) is 8.13. The van der Waals surface area contributed by atoms with Gasteiger partial charge in [0.05, 0.1) is 6.61 Å². The van der Waals surface area contributed by atoms with Gasteiger partial charge in [-0.2, -0.15) is 0 Å². The summed E-state index contributed by atoms with van der Waals surface area (Å²) in [5.41, 5.74) is 0. The number of hydrogen-bond acceptors (Lipinski definition) is 6. The summed E-state index contributed by atoms with van der Waals surface area (Å²) in [5.74, 6) is -0.643. The van der Waals surface area contributed by atoms with E-state index in [0.29, 0.717) is 6.29 Å². The minimum Gasteiger partial charge on any atom is -0.388 e. The fraction of sp³-hybridized carbons (Fsp3) is 0.750. The van der Waals surface area contributed by atoms with Crippen LogP contribution in [-0.2, 0) is 23.8 Å². The van der Waals surface area contributed by atoms with Crippen LogP contribution in [0.5, 0.6) is 0 Å². The van der Waals surface area contributed by atoms with Crippen molar-refractivity contribution in [2.24, 2.45) is 0 Å². The van der Waals surface area contributed by atoms with Crippen molar-refractivity contribution >= 4 is 12.1 Å². The van der Waals surface area contributed by atoms with Gasteiger partial charge >= 0.3 is 0 Å². The molecule has 0 amide bonds. The lowest BCUT2D eigenvalue weighted by molar-refractivity contribution is -0.182. The van der Waals surface area contributed by atoms with Crippen molar-refractivity contribution in [3.63, 3.8) is 0 Å². The number of aliphatic hydroxyl groups is 1. The predicted molar refractivity (Wildman–Crippen MR) is 45.7 cm³/mol. The highest BCUT2D eigenvalue weighted by Gasteiger charge is 2.21. The quantitative estimate of drug-likeness (QED) is 0.395. The van der Waals surface area contributed by atoms with E-state index in [1.807, 2.05) is 0 Å².